The first-order valence-corrected chi connectivity index (χ1v) is 4.51. The van der Waals surface area contributed by atoms with Crippen LogP contribution in [-0.2, 0) is 0 Å². The number of hydrogen-bond acceptors (Lipinski definition) is 2. The fourth-order valence-corrected chi connectivity index (χ4v) is 1.26. The molecule has 0 heterocycles. The smallest absolute Gasteiger partial charge is 0.00288 e. The maximum atomic E-state index is 4.46. The molecule has 1 nitrogen and oxygen atoms in total. The molecule has 1 atom stereocenters. The van der Waals surface area contributed by atoms with Crippen LogP contribution in [0.2, 0.25) is 0 Å². The minimum atomic E-state index is 0.604. The molecule has 0 aromatic heterocycles. The topological polar surface area (TPSA) is 3.24 Å². The predicted octanol–water partition coefficient (Wildman–Crippen LogP) is 2.04. The summed E-state index contributed by atoms with van der Waals surface area (Å²) < 4.78 is 0. The molecule has 0 N–H and O–H groups in total. The van der Waals surface area contributed by atoms with Crippen molar-refractivity contribution in [1.82, 2.24) is 4.90 Å². The second-order valence-corrected chi connectivity index (χ2v) is 3.76. The van der Waals surface area contributed by atoms with E-state index in [1.165, 1.54) is 19.3 Å². The lowest BCUT2D eigenvalue weighted by atomic mass is 10.2. The Labute approximate surface area is 70.2 Å². The maximum absolute atomic E-state index is 4.46. The summed E-state index contributed by atoms with van der Waals surface area (Å²) in [6.07, 6.45) is 3.71. The maximum Gasteiger partial charge on any atom is 0.00288 e. The van der Waals surface area contributed by atoms with Crippen LogP contribution in [0.3, 0.4) is 0 Å². The van der Waals surface area contributed by atoms with Crippen molar-refractivity contribution >= 4 is 12.6 Å². The first-order valence-electron chi connectivity index (χ1n) is 3.99. The molecule has 0 aliphatic heterocycles. The van der Waals surface area contributed by atoms with Gasteiger partial charge in [-0.3, -0.25) is 0 Å². The largest absolute Gasteiger partial charge is 0.309 e. The number of thiol groups is 1. The van der Waals surface area contributed by atoms with Crippen molar-refractivity contribution in [2.75, 3.05) is 20.6 Å². The van der Waals surface area contributed by atoms with Crippen molar-refractivity contribution in [2.45, 2.75) is 31.4 Å². The van der Waals surface area contributed by atoms with E-state index in [-0.39, 0.29) is 0 Å². The zero-order valence-electron chi connectivity index (χ0n) is 7.30. The summed E-state index contributed by atoms with van der Waals surface area (Å²) in [5.74, 6) is 0. The third kappa shape index (κ3) is 6.43. The van der Waals surface area contributed by atoms with E-state index >= 15 is 0 Å². The van der Waals surface area contributed by atoms with Crippen LogP contribution in [0, 0.1) is 0 Å². The molecule has 0 aromatic carbocycles. The summed E-state index contributed by atoms with van der Waals surface area (Å²) in [6.45, 7) is 3.37. The molecular weight excluding hydrogens is 142 g/mol. The van der Waals surface area contributed by atoms with E-state index < -0.39 is 0 Å². The molecule has 62 valence electrons. The molecule has 0 radical (unpaired) electrons. The van der Waals surface area contributed by atoms with Crippen molar-refractivity contribution in [3.8, 4) is 0 Å². The van der Waals surface area contributed by atoms with Gasteiger partial charge < -0.3 is 4.90 Å². The lowest BCUT2D eigenvalue weighted by Gasteiger charge is -2.13. The second-order valence-electron chi connectivity index (χ2n) is 3.03. The van der Waals surface area contributed by atoms with Gasteiger partial charge in [0, 0.05) is 5.25 Å². The standard InChI is InChI=1S/C8H19NS/c1-4-5-8(10)6-7-9(2)3/h8,10H,4-7H2,1-3H3. The van der Waals surface area contributed by atoms with Gasteiger partial charge in [0.05, 0.1) is 0 Å². The van der Waals surface area contributed by atoms with Crippen LogP contribution in [0.1, 0.15) is 26.2 Å². The van der Waals surface area contributed by atoms with Gasteiger partial charge in [0.1, 0.15) is 0 Å². The number of nitrogens with zero attached hydrogens (tertiary/aromatic N) is 1. The fourth-order valence-electron chi connectivity index (χ4n) is 0.885. The lowest BCUT2D eigenvalue weighted by Crippen LogP contribution is -2.16. The highest BCUT2D eigenvalue weighted by molar-refractivity contribution is 7.80. The number of rotatable bonds is 5. The van der Waals surface area contributed by atoms with Crippen molar-refractivity contribution in [2.24, 2.45) is 0 Å². The van der Waals surface area contributed by atoms with Gasteiger partial charge in [-0.05, 0) is 33.5 Å². The van der Waals surface area contributed by atoms with E-state index in [1.807, 2.05) is 0 Å². The highest BCUT2D eigenvalue weighted by Gasteiger charge is 2.00. The predicted molar refractivity (Wildman–Crippen MR) is 50.9 cm³/mol. The Morgan fingerprint density at radius 1 is 1.30 bits per heavy atom. The second kappa shape index (κ2) is 6.05. The molecule has 0 aliphatic rings. The summed E-state index contributed by atoms with van der Waals surface area (Å²) in [7, 11) is 4.21. The molecular formula is C8H19NS. The molecule has 0 bridgehead atoms. The Morgan fingerprint density at radius 2 is 1.90 bits per heavy atom. The molecule has 0 spiro atoms. The first-order chi connectivity index (χ1) is 4.66. The summed E-state index contributed by atoms with van der Waals surface area (Å²) in [5.41, 5.74) is 0. The SMILES string of the molecule is CCCC(S)CCN(C)C. The minimum absolute atomic E-state index is 0.604. The molecule has 2 heteroatoms. The highest BCUT2D eigenvalue weighted by atomic mass is 32.1. The Kier molecular flexibility index (Phi) is 6.24. The van der Waals surface area contributed by atoms with Crippen molar-refractivity contribution in [1.29, 1.82) is 0 Å². The molecule has 0 aromatic rings. The van der Waals surface area contributed by atoms with E-state index in [0.717, 1.165) is 6.54 Å². The number of hydrogen-bond donors (Lipinski definition) is 1. The molecule has 0 fully saturated rings. The van der Waals surface area contributed by atoms with E-state index in [4.69, 9.17) is 0 Å². The minimum Gasteiger partial charge on any atom is -0.309 e. The average Bonchev–Trinajstić information content (AvgIpc) is 1.85. The monoisotopic (exact) mass is 161 g/mol. The first kappa shape index (κ1) is 10.3. The van der Waals surface area contributed by atoms with Crippen LogP contribution in [0.4, 0.5) is 0 Å². The van der Waals surface area contributed by atoms with E-state index in [1.54, 1.807) is 0 Å². The summed E-state index contributed by atoms with van der Waals surface area (Å²) >= 11 is 4.46. The van der Waals surface area contributed by atoms with Gasteiger partial charge >= 0.3 is 0 Å². The van der Waals surface area contributed by atoms with E-state index in [9.17, 15) is 0 Å². The van der Waals surface area contributed by atoms with Crippen LogP contribution >= 0.6 is 12.6 Å². The van der Waals surface area contributed by atoms with Crippen molar-refractivity contribution in [3.05, 3.63) is 0 Å². The quantitative estimate of drug-likeness (QED) is 0.604. The van der Waals surface area contributed by atoms with Crippen LogP contribution in [0.15, 0.2) is 0 Å². The molecule has 10 heavy (non-hydrogen) atoms. The van der Waals surface area contributed by atoms with Gasteiger partial charge in [0.15, 0.2) is 0 Å². The molecule has 0 aliphatic carbocycles. The normalized spacial score (nSPS) is 14.1. The van der Waals surface area contributed by atoms with Gasteiger partial charge in [0.25, 0.3) is 0 Å². The Morgan fingerprint density at radius 3 is 2.30 bits per heavy atom. The third-order valence-electron chi connectivity index (χ3n) is 1.53. The van der Waals surface area contributed by atoms with Gasteiger partial charge in [-0.25, -0.2) is 0 Å². The van der Waals surface area contributed by atoms with Crippen LogP contribution in [0.5, 0.6) is 0 Å². The molecule has 1 unspecified atom stereocenters. The van der Waals surface area contributed by atoms with E-state index in [2.05, 4.69) is 38.5 Å². The zero-order chi connectivity index (χ0) is 7.98. The summed E-state index contributed by atoms with van der Waals surface area (Å²) in [5, 5.41) is 0.604. The lowest BCUT2D eigenvalue weighted by molar-refractivity contribution is 0.394. The van der Waals surface area contributed by atoms with Gasteiger partial charge in [-0.1, -0.05) is 13.3 Å². The van der Waals surface area contributed by atoms with Crippen molar-refractivity contribution in [3.63, 3.8) is 0 Å². The Bertz CT molecular complexity index is 73.7. The van der Waals surface area contributed by atoms with Crippen LogP contribution < -0.4 is 0 Å². The molecule has 0 amide bonds. The third-order valence-corrected chi connectivity index (χ3v) is 2.05. The Hall–Kier alpha value is 0.310. The Balaban J connectivity index is 3.12. The van der Waals surface area contributed by atoms with Crippen LogP contribution in [0.25, 0.3) is 0 Å². The summed E-state index contributed by atoms with van der Waals surface area (Å²) in [4.78, 5) is 2.21. The molecule has 0 saturated carbocycles. The average molecular weight is 161 g/mol. The zero-order valence-corrected chi connectivity index (χ0v) is 8.19. The molecule has 0 rings (SSSR count). The molecule has 0 saturated heterocycles. The fraction of sp³-hybridized carbons (Fsp3) is 1.00. The van der Waals surface area contributed by atoms with Crippen LogP contribution in [-0.4, -0.2) is 30.8 Å². The van der Waals surface area contributed by atoms with Gasteiger partial charge in [-0.2, -0.15) is 12.6 Å². The van der Waals surface area contributed by atoms with Gasteiger partial charge in [0.2, 0.25) is 0 Å². The highest BCUT2D eigenvalue weighted by Crippen LogP contribution is 2.08. The summed E-state index contributed by atoms with van der Waals surface area (Å²) in [6, 6.07) is 0. The van der Waals surface area contributed by atoms with E-state index in [0.29, 0.717) is 5.25 Å². The van der Waals surface area contributed by atoms with Crippen molar-refractivity contribution < 1.29 is 0 Å². The van der Waals surface area contributed by atoms with Gasteiger partial charge in [-0.15, -0.1) is 0 Å².